The maximum Gasteiger partial charge on any atom is 0.122 e. The van der Waals surface area contributed by atoms with Crippen LogP contribution in [0.25, 0.3) is 0 Å². The molecule has 0 atom stereocenters. The third-order valence-corrected chi connectivity index (χ3v) is 2.49. The van der Waals surface area contributed by atoms with Crippen LogP contribution in [0.5, 0.6) is 5.75 Å². The van der Waals surface area contributed by atoms with Gasteiger partial charge in [-0.3, -0.25) is 4.90 Å². The summed E-state index contributed by atoms with van der Waals surface area (Å²) >= 11 is 0. The van der Waals surface area contributed by atoms with Gasteiger partial charge in [0.05, 0.1) is 7.11 Å². The number of hydrogen-bond acceptors (Lipinski definition) is 3. The standard InChI is InChI=1S/C12H20N2O/c1-4-11-7-10(8-14(2)9-13)5-6-12(11)15-3/h5-7H,4,8-9,13H2,1-3H3. The number of aryl methyl sites for hydroxylation is 1. The second-order valence-electron chi connectivity index (χ2n) is 3.70. The third-order valence-electron chi connectivity index (χ3n) is 2.49. The zero-order chi connectivity index (χ0) is 11.3. The number of nitrogens with two attached hydrogens (primary N) is 1. The van der Waals surface area contributed by atoms with Crippen LogP contribution in [-0.2, 0) is 13.0 Å². The molecule has 0 fully saturated rings. The molecule has 84 valence electrons. The first-order valence-electron chi connectivity index (χ1n) is 5.25. The van der Waals surface area contributed by atoms with Crippen molar-refractivity contribution >= 4 is 0 Å². The van der Waals surface area contributed by atoms with Gasteiger partial charge < -0.3 is 10.5 Å². The Hall–Kier alpha value is -1.06. The molecule has 2 N–H and O–H groups in total. The maximum absolute atomic E-state index is 5.55. The first-order chi connectivity index (χ1) is 7.21. The molecule has 0 radical (unpaired) electrons. The molecule has 0 aliphatic heterocycles. The van der Waals surface area contributed by atoms with Gasteiger partial charge in [-0.1, -0.05) is 19.1 Å². The minimum atomic E-state index is 0.577. The number of benzene rings is 1. The van der Waals surface area contributed by atoms with Crippen LogP contribution in [0.4, 0.5) is 0 Å². The van der Waals surface area contributed by atoms with E-state index in [1.54, 1.807) is 7.11 Å². The lowest BCUT2D eigenvalue weighted by Gasteiger charge is -2.15. The molecular weight excluding hydrogens is 188 g/mol. The van der Waals surface area contributed by atoms with Crippen LogP contribution in [0.3, 0.4) is 0 Å². The minimum Gasteiger partial charge on any atom is -0.496 e. The molecule has 0 unspecified atom stereocenters. The van der Waals surface area contributed by atoms with Gasteiger partial charge in [0.25, 0.3) is 0 Å². The highest BCUT2D eigenvalue weighted by Gasteiger charge is 2.03. The smallest absolute Gasteiger partial charge is 0.122 e. The lowest BCUT2D eigenvalue weighted by Crippen LogP contribution is -2.25. The number of methoxy groups -OCH3 is 1. The van der Waals surface area contributed by atoms with Crippen molar-refractivity contribution in [3.05, 3.63) is 29.3 Å². The molecule has 0 saturated carbocycles. The molecule has 1 rings (SSSR count). The molecule has 0 aliphatic carbocycles. The summed E-state index contributed by atoms with van der Waals surface area (Å²) in [5, 5.41) is 0. The Balaban J connectivity index is 2.83. The first kappa shape index (κ1) is 12.0. The van der Waals surface area contributed by atoms with E-state index in [0.717, 1.165) is 18.7 Å². The molecular formula is C12H20N2O. The summed E-state index contributed by atoms with van der Waals surface area (Å²) in [6, 6.07) is 6.30. The molecule has 0 heterocycles. The van der Waals surface area contributed by atoms with Crippen molar-refractivity contribution in [3.8, 4) is 5.75 Å². The van der Waals surface area contributed by atoms with E-state index in [2.05, 4.69) is 24.0 Å². The molecule has 0 bridgehead atoms. The Labute approximate surface area is 91.8 Å². The second kappa shape index (κ2) is 5.73. The number of hydrogen-bond donors (Lipinski definition) is 1. The lowest BCUT2D eigenvalue weighted by molar-refractivity contribution is 0.337. The molecule has 3 nitrogen and oxygen atoms in total. The van der Waals surface area contributed by atoms with E-state index in [1.165, 1.54) is 11.1 Å². The van der Waals surface area contributed by atoms with Gasteiger partial charge in [-0.25, -0.2) is 0 Å². The molecule has 1 aromatic rings. The van der Waals surface area contributed by atoms with Gasteiger partial charge in [-0.05, 0) is 30.7 Å². The summed E-state index contributed by atoms with van der Waals surface area (Å²) in [5.74, 6) is 0.969. The topological polar surface area (TPSA) is 38.5 Å². The zero-order valence-electron chi connectivity index (χ0n) is 9.79. The predicted molar refractivity (Wildman–Crippen MR) is 62.9 cm³/mol. The van der Waals surface area contributed by atoms with Crippen molar-refractivity contribution in [1.82, 2.24) is 4.90 Å². The Bertz CT molecular complexity index is 312. The van der Waals surface area contributed by atoms with Crippen molar-refractivity contribution in [2.24, 2.45) is 5.73 Å². The summed E-state index contributed by atoms with van der Waals surface area (Å²) in [4.78, 5) is 2.07. The molecule has 15 heavy (non-hydrogen) atoms. The fourth-order valence-electron chi connectivity index (χ4n) is 1.58. The normalized spacial score (nSPS) is 10.7. The highest BCUT2D eigenvalue weighted by molar-refractivity contribution is 5.37. The van der Waals surface area contributed by atoms with E-state index in [9.17, 15) is 0 Å². The van der Waals surface area contributed by atoms with Crippen LogP contribution < -0.4 is 10.5 Å². The average Bonchev–Trinajstić information content (AvgIpc) is 2.28. The third kappa shape index (κ3) is 3.22. The quantitative estimate of drug-likeness (QED) is 0.747. The van der Waals surface area contributed by atoms with E-state index in [0.29, 0.717) is 6.67 Å². The van der Waals surface area contributed by atoms with Crippen LogP contribution in [0.15, 0.2) is 18.2 Å². The van der Waals surface area contributed by atoms with Crippen LogP contribution >= 0.6 is 0 Å². The zero-order valence-corrected chi connectivity index (χ0v) is 9.79. The van der Waals surface area contributed by atoms with Gasteiger partial charge in [0.15, 0.2) is 0 Å². The molecule has 0 aliphatic rings. The Morgan fingerprint density at radius 3 is 2.67 bits per heavy atom. The Morgan fingerprint density at radius 1 is 1.40 bits per heavy atom. The predicted octanol–water partition coefficient (Wildman–Crippen LogP) is 1.61. The van der Waals surface area contributed by atoms with Crippen LogP contribution in [0.2, 0.25) is 0 Å². The van der Waals surface area contributed by atoms with Crippen molar-refractivity contribution in [3.63, 3.8) is 0 Å². The first-order valence-corrected chi connectivity index (χ1v) is 5.25. The fraction of sp³-hybridized carbons (Fsp3) is 0.500. The van der Waals surface area contributed by atoms with Gasteiger partial charge in [0.2, 0.25) is 0 Å². The summed E-state index contributed by atoms with van der Waals surface area (Å²) in [6.07, 6.45) is 0.989. The monoisotopic (exact) mass is 208 g/mol. The van der Waals surface area contributed by atoms with Crippen molar-refractivity contribution < 1.29 is 4.74 Å². The van der Waals surface area contributed by atoms with Gasteiger partial charge in [0, 0.05) is 13.2 Å². The number of ether oxygens (including phenoxy) is 1. The molecule has 1 aromatic carbocycles. The number of rotatable bonds is 5. The summed E-state index contributed by atoms with van der Waals surface area (Å²) < 4.78 is 5.28. The van der Waals surface area contributed by atoms with Crippen LogP contribution in [0.1, 0.15) is 18.1 Å². The van der Waals surface area contributed by atoms with E-state index in [-0.39, 0.29) is 0 Å². The van der Waals surface area contributed by atoms with Gasteiger partial charge >= 0.3 is 0 Å². The van der Waals surface area contributed by atoms with Gasteiger partial charge in [0.1, 0.15) is 5.75 Å². The maximum atomic E-state index is 5.55. The Morgan fingerprint density at radius 2 is 2.13 bits per heavy atom. The molecule has 0 amide bonds. The van der Waals surface area contributed by atoms with Crippen molar-refractivity contribution in [2.75, 3.05) is 20.8 Å². The lowest BCUT2D eigenvalue weighted by atomic mass is 10.1. The fourth-order valence-corrected chi connectivity index (χ4v) is 1.58. The summed E-state index contributed by atoms with van der Waals surface area (Å²) in [5.41, 5.74) is 8.08. The van der Waals surface area contributed by atoms with Crippen LogP contribution in [0, 0.1) is 0 Å². The molecule has 0 saturated heterocycles. The van der Waals surface area contributed by atoms with E-state index < -0.39 is 0 Å². The average molecular weight is 208 g/mol. The number of nitrogens with zero attached hydrogens (tertiary/aromatic N) is 1. The molecule has 3 heteroatoms. The highest BCUT2D eigenvalue weighted by atomic mass is 16.5. The van der Waals surface area contributed by atoms with Crippen molar-refractivity contribution in [1.29, 1.82) is 0 Å². The minimum absolute atomic E-state index is 0.577. The second-order valence-corrected chi connectivity index (χ2v) is 3.70. The largest absolute Gasteiger partial charge is 0.496 e. The van der Waals surface area contributed by atoms with E-state index in [1.807, 2.05) is 13.1 Å². The van der Waals surface area contributed by atoms with Crippen molar-refractivity contribution in [2.45, 2.75) is 19.9 Å². The van der Waals surface area contributed by atoms with E-state index in [4.69, 9.17) is 10.5 Å². The van der Waals surface area contributed by atoms with E-state index >= 15 is 0 Å². The highest BCUT2D eigenvalue weighted by Crippen LogP contribution is 2.20. The Kier molecular flexibility index (Phi) is 4.59. The molecule has 0 spiro atoms. The molecule has 0 aromatic heterocycles. The summed E-state index contributed by atoms with van der Waals surface area (Å²) in [6.45, 7) is 3.59. The van der Waals surface area contributed by atoms with Crippen LogP contribution in [-0.4, -0.2) is 25.7 Å². The van der Waals surface area contributed by atoms with Gasteiger partial charge in [-0.15, -0.1) is 0 Å². The SMILES string of the molecule is CCc1cc(CN(C)CN)ccc1OC. The van der Waals surface area contributed by atoms with Gasteiger partial charge in [-0.2, -0.15) is 0 Å². The summed E-state index contributed by atoms with van der Waals surface area (Å²) in [7, 11) is 3.72.